The lowest BCUT2D eigenvalue weighted by atomic mass is 10.0. The number of carbonyl (C=O) groups excluding carboxylic acids is 8. The molecule has 0 bridgehead atoms. The van der Waals surface area contributed by atoms with Crippen molar-refractivity contribution in [3.05, 3.63) is 35.9 Å². The third-order valence-electron chi connectivity index (χ3n) is 6.34. The van der Waals surface area contributed by atoms with E-state index in [0.29, 0.717) is 5.56 Å². The summed E-state index contributed by atoms with van der Waals surface area (Å²) in [6, 6.07) is 0.724. The molecule has 8 amide bonds. The van der Waals surface area contributed by atoms with Crippen molar-refractivity contribution in [2.75, 3.05) is 13.1 Å². The molecule has 14 N–H and O–H groups in total. The minimum atomic E-state index is -1.78. The summed E-state index contributed by atoms with van der Waals surface area (Å²) in [5, 5.41) is 31.4. The minimum absolute atomic E-state index is 0.134. The van der Waals surface area contributed by atoms with Crippen LogP contribution in [0.1, 0.15) is 31.7 Å². The van der Waals surface area contributed by atoms with Crippen molar-refractivity contribution >= 4 is 59.2 Å². The molecule has 268 valence electrons. The summed E-state index contributed by atoms with van der Waals surface area (Å²) < 4.78 is 0. The highest BCUT2D eigenvalue weighted by Gasteiger charge is 2.31. The zero-order valence-electron chi connectivity index (χ0n) is 26.2. The van der Waals surface area contributed by atoms with Crippen LogP contribution in [0.2, 0.25) is 0 Å². The molecule has 0 unspecified atom stereocenters. The van der Waals surface area contributed by atoms with Gasteiger partial charge >= 0.3 is 11.9 Å². The summed E-state index contributed by atoms with van der Waals surface area (Å²) in [5.74, 6) is -10.9. The average molecular weight is 694 g/mol. The SMILES string of the molecule is C[C@H](NC(=O)[C@H](Cc1ccccc1)NC(=O)[C@H](CC(=O)O)NC(=O)CNC(=O)[C@H](CC(N)=O)NC(=O)CNC(=O)[C@@H](N)CC(N)=O)C(=O)O. The van der Waals surface area contributed by atoms with E-state index >= 15 is 0 Å². The number of rotatable bonds is 21. The van der Waals surface area contributed by atoms with Crippen LogP contribution in [-0.4, -0.2) is 113 Å². The fourth-order valence-electron chi connectivity index (χ4n) is 3.89. The Balaban J connectivity index is 2.93. The maximum Gasteiger partial charge on any atom is 0.325 e. The molecule has 0 aromatic heterocycles. The van der Waals surface area contributed by atoms with Crippen molar-refractivity contribution in [1.82, 2.24) is 31.9 Å². The van der Waals surface area contributed by atoms with Crippen molar-refractivity contribution in [3.63, 3.8) is 0 Å². The summed E-state index contributed by atoms with van der Waals surface area (Å²) in [6.45, 7) is -0.444. The van der Waals surface area contributed by atoms with E-state index in [1.165, 1.54) is 6.92 Å². The van der Waals surface area contributed by atoms with Gasteiger partial charge in [0.05, 0.1) is 38.4 Å². The lowest BCUT2D eigenvalue weighted by Gasteiger charge is -2.23. The number of nitrogens with one attached hydrogen (secondary N) is 6. The molecule has 0 saturated carbocycles. The van der Waals surface area contributed by atoms with Crippen molar-refractivity contribution in [1.29, 1.82) is 0 Å². The number of hydrogen-bond donors (Lipinski definition) is 11. The molecule has 21 nitrogen and oxygen atoms in total. The fourth-order valence-corrected chi connectivity index (χ4v) is 3.89. The molecular weight excluding hydrogens is 654 g/mol. The Morgan fingerprint density at radius 3 is 1.61 bits per heavy atom. The van der Waals surface area contributed by atoms with Gasteiger partial charge in [-0.05, 0) is 12.5 Å². The molecule has 0 aliphatic heterocycles. The number of amides is 8. The van der Waals surface area contributed by atoms with Gasteiger partial charge in [-0.3, -0.25) is 47.9 Å². The Labute approximate surface area is 278 Å². The van der Waals surface area contributed by atoms with Crippen LogP contribution < -0.4 is 49.1 Å². The Hall–Kier alpha value is -6.12. The highest BCUT2D eigenvalue weighted by molar-refractivity contribution is 5.97. The summed E-state index contributed by atoms with van der Waals surface area (Å²) >= 11 is 0. The van der Waals surface area contributed by atoms with Crippen molar-refractivity contribution in [2.24, 2.45) is 17.2 Å². The van der Waals surface area contributed by atoms with E-state index in [2.05, 4.69) is 31.9 Å². The largest absolute Gasteiger partial charge is 0.481 e. The van der Waals surface area contributed by atoms with E-state index in [1.54, 1.807) is 30.3 Å². The number of aliphatic carboxylic acids is 2. The second kappa shape index (κ2) is 20.2. The topological polar surface area (TPSA) is 361 Å². The van der Waals surface area contributed by atoms with Gasteiger partial charge in [-0.2, -0.15) is 0 Å². The number of nitrogens with two attached hydrogens (primary N) is 3. The normalized spacial score (nSPS) is 13.5. The smallest absolute Gasteiger partial charge is 0.325 e. The van der Waals surface area contributed by atoms with Crippen LogP contribution in [0.25, 0.3) is 0 Å². The van der Waals surface area contributed by atoms with Crippen LogP contribution in [0, 0.1) is 0 Å². The highest BCUT2D eigenvalue weighted by atomic mass is 16.4. The molecule has 0 heterocycles. The Kier molecular flexibility index (Phi) is 16.9. The summed E-state index contributed by atoms with van der Waals surface area (Å²) in [7, 11) is 0. The lowest BCUT2D eigenvalue weighted by molar-refractivity contribution is -0.142. The van der Waals surface area contributed by atoms with Gasteiger partial charge in [0, 0.05) is 6.42 Å². The predicted octanol–water partition coefficient (Wildman–Crippen LogP) is -5.94. The van der Waals surface area contributed by atoms with Crippen LogP contribution in [0.15, 0.2) is 30.3 Å². The third-order valence-corrected chi connectivity index (χ3v) is 6.34. The molecule has 0 saturated heterocycles. The molecule has 1 aromatic rings. The van der Waals surface area contributed by atoms with Crippen LogP contribution in [0.5, 0.6) is 0 Å². The van der Waals surface area contributed by atoms with E-state index < -0.39 is 122 Å². The lowest BCUT2D eigenvalue weighted by Crippen LogP contribution is -2.57. The second-order valence-electron chi connectivity index (χ2n) is 10.5. The maximum absolute atomic E-state index is 13.1. The van der Waals surface area contributed by atoms with Crippen LogP contribution in [0.4, 0.5) is 0 Å². The summed E-state index contributed by atoms with van der Waals surface area (Å²) in [6.07, 6.45) is -2.35. The monoisotopic (exact) mass is 693 g/mol. The average Bonchev–Trinajstić information content (AvgIpc) is 3.00. The van der Waals surface area contributed by atoms with Crippen molar-refractivity contribution < 1.29 is 58.2 Å². The number of benzene rings is 1. The Morgan fingerprint density at radius 2 is 1.12 bits per heavy atom. The summed E-state index contributed by atoms with van der Waals surface area (Å²) in [5.41, 5.74) is 16.1. The van der Waals surface area contributed by atoms with Gasteiger partial charge in [-0.15, -0.1) is 0 Å². The van der Waals surface area contributed by atoms with Gasteiger partial charge in [-0.25, -0.2) is 0 Å². The first kappa shape index (κ1) is 40.9. The number of hydrogen-bond acceptors (Lipinski definition) is 11. The molecule has 0 spiro atoms. The molecule has 1 aromatic carbocycles. The quantitative estimate of drug-likeness (QED) is 0.0572. The number of carboxylic acids is 2. The number of primary amides is 2. The first-order valence-corrected chi connectivity index (χ1v) is 14.4. The van der Waals surface area contributed by atoms with Gasteiger partial charge in [0.25, 0.3) is 0 Å². The van der Waals surface area contributed by atoms with Crippen molar-refractivity contribution in [2.45, 2.75) is 62.8 Å². The van der Waals surface area contributed by atoms with Gasteiger partial charge < -0.3 is 59.3 Å². The van der Waals surface area contributed by atoms with E-state index in [0.717, 1.165) is 0 Å². The third kappa shape index (κ3) is 16.3. The maximum atomic E-state index is 13.1. The Bertz CT molecular complexity index is 1420. The van der Waals surface area contributed by atoms with Gasteiger partial charge in [0.2, 0.25) is 47.3 Å². The first-order chi connectivity index (χ1) is 22.9. The van der Waals surface area contributed by atoms with Crippen LogP contribution in [0.3, 0.4) is 0 Å². The zero-order chi connectivity index (χ0) is 37.3. The van der Waals surface area contributed by atoms with Crippen molar-refractivity contribution in [3.8, 4) is 0 Å². The van der Waals surface area contributed by atoms with E-state index in [1.807, 2.05) is 0 Å². The molecule has 49 heavy (non-hydrogen) atoms. The molecule has 0 radical (unpaired) electrons. The Morgan fingerprint density at radius 1 is 0.633 bits per heavy atom. The minimum Gasteiger partial charge on any atom is -0.481 e. The zero-order valence-corrected chi connectivity index (χ0v) is 26.2. The van der Waals surface area contributed by atoms with Crippen LogP contribution >= 0.6 is 0 Å². The highest BCUT2D eigenvalue weighted by Crippen LogP contribution is 2.06. The molecule has 5 atom stereocenters. The molecular formula is C28H39N9O12. The molecule has 0 aliphatic carbocycles. The molecule has 21 heteroatoms. The van der Waals surface area contributed by atoms with Crippen LogP contribution in [-0.2, 0) is 54.4 Å². The first-order valence-electron chi connectivity index (χ1n) is 14.4. The predicted molar refractivity (Wildman–Crippen MR) is 165 cm³/mol. The van der Waals surface area contributed by atoms with E-state index in [9.17, 15) is 53.1 Å². The number of carboxylic acid groups (broad SMARTS) is 2. The fraction of sp³-hybridized carbons (Fsp3) is 0.429. The molecule has 0 aliphatic rings. The van der Waals surface area contributed by atoms with Gasteiger partial charge in [0.1, 0.15) is 24.2 Å². The standard InChI is InChI=1S/C28H39N9O12/c1-13(28(48)49)34-26(46)16(7-14-5-3-2-4-6-14)37-27(47)18(10-23(42)43)36-22(41)12-33-25(45)17(9-20(31)39)35-21(40)11-32-24(44)15(29)8-19(30)38/h2-6,13,15-18H,7-12,29H2,1H3,(H2,30,38)(H2,31,39)(H,32,44)(H,33,45)(H,34,46)(H,35,40)(H,36,41)(H,37,47)(H,42,43)(H,48,49)/t13-,15-,16-,17-,18-/m0/s1. The van der Waals surface area contributed by atoms with E-state index in [4.69, 9.17) is 22.3 Å². The second-order valence-corrected chi connectivity index (χ2v) is 10.5. The van der Waals surface area contributed by atoms with E-state index in [-0.39, 0.29) is 6.42 Å². The molecule has 0 fully saturated rings. The van der Waals surface area contributed by atoms with Gasteiger partial charge in [-0.1, -0.05) is 30.3 Å². The molecule has 1 rings (SSSR count). The number of carbonyl (C=O) groups is 10. The van der Waals surface area contributed by atoms with Gasteiger partial charge in [0.15, 0.2) is 0 Å². The summed E-state index contributed by atoms with van der Waals surface area (Å²) in [4.78, 5) is 121.